The van der Waals surface area contributed by atoms with Crippen LogP contribution in [0.2, 0.25) is 0 Å². The van der Waals surface area contributed by atoms with Crippen molar-refractivity contribution in [3.05, 3.63) is 47.9 Å². The molecule has 24 heavy (non-hydrogen) atoms. The Morgan fingerprint density at radius 2 is 1.96 bits per heavy atom. The Morgan fingerprint density at radius 1 is 1.17 bits per heavy atom. The molecule has 0 amide bonds. The molecule has 0 aliphatic carbocycles. The summed E-state index contributed by atoms with van der Waals surface area (Å²) < 4.78 is 14.1. The minimum Gasteiger partial charge on any atom is -0.379 e. The van der Waals surface area contributed by atoms with Gasteiger partial charge in [0.2, 0.25) is 0 Å². The summed E-state index contributed by atoms with van der Waals surface area (Å²) in [7, 11) is 0. The molecule has 3 aliphatic heterocycles. The minimum absolute atomic E-state index is 0.214. The highest BCUT2D eigenvalue weighted by Crippen LogP contribution is 2.34. The smallest absolute Gasteiger partial charge is 0.132 e. The summed E-state index contributed by atoms with van der Waals surface area (Å²) in [6.07, 6.45) is 4.39. The second kappa shape index (κ2) is 6.17. The van der Waals surface area contributed by atoms with Gasteiger partial charge >= 0.3 is 0 Å². The van der Waals surface area contributed by atoms with Crippen LogP contribution < -0.4 is 5.32 Å². The van der Waals surface area contributed by atoms with Gasteiger partial charge in [-0.25, -0.2) is 4.39 Å². The van der Waals surface area contributed by atoms with Gasteiger partial charge in [0.15, 0.2) is 0 Å². The predicted octanol–water partition coefficient (Wildman–Crippen LogP) is 4.09. The molecule has 2 aromatic rings. The third-order valence-corrected chi connectivity index (χ3v) is 5.68. The Balaban J connectivity index is 1.52. The van der Waals surface area contributed by atoms with Gasteiger partial charge in [0.25, 0.3) is 0 Å². The van der Waals surface area contributed by atoms with E-state index in [4.69, 9.17) is 0 Å². The number of rotatable bonds is 3. The predicted molar refractivity (Wildman–Crippen MR) is 95.5 cm³/mol. The zero-order valence-electron chi connectivity index (χ0n) is 14.3. The van der Waals surface area contributed by atoms with Gasteiger partial charge in [0, 0.05) is 17.6 Å². The standard InChI is InChI=1S/C20H24FN3/c1-13-3-5-17(18(21)11-13)19-6-4-16(12-22-19)23-20-14(2)24-9-7-15(20)8-10-24/h3-6,11-12,14-15,20,23H,7-10H2,1-2H3. The molecule has 3 fully saturated rings. The van der Waals surface area contributed by atoms with Crippen LogP contribution in [0.25, 0.3) is 11.3 Å². The molecule has 4 heteroatoms. The number of halogens is 1. The van der Waals surface area contributed by atoms with Crippen LogP contribution in [-0.2, 0) is 0 Å². The summed E-state index contributed by atoms with van der Waals surface area (Å²) in [5.41, 5.74) is 3.19. The van der Waals surface area contributed by atoms with E-state index in [1.807, 2.05) is 31.3 Å². The van der Waals surface area contributed by atoms with E-state index < -0.39 is 0 Å². The fourth-order valence-electron chi connectivity index (χ4n) is 4.20. The first-order chi connectivity index (χ1) is 11.6. The first-order valence-electron chi connectivity index (χ1n) is 8.85. The lowest BCUT2D eigenvalue weighted by atomic mass is 9.79. The number of piperidine rings is 3. The van der Waals surface area contributed by atoms with Gasteiger partial charge in [0.05, 0.1) is 17.6 Å². The molecule has 1 N–H and O–H groups in total. The molecule has 0 saturated carbocycles. The summed E-state index contributed by atoms with van der Waals surface area (Å²) in [5.74, 6) is 0.536. The molecule has 1 aromatic heterocycles. The van der Waals surface area contributed by atoms with Gasteiger partial charge in [-0.1, -0.05) is 6.07 Å². The van der Waals surface area contributed by atoms with Gasteiger partial charge in [-0.05, 0) is 75.5 Å². The third-order valence-electron chi connectivity index (χ3n) is 5.68. The number of anilines is 1. The Labute approximate surface area is 142 Å². The second-order valence-corrected chi connectivity index (χ2v) is 7.20. The normalized spacial score (nSPS) is 28.8. The molecular formula is C20H24FN3. The molecule has 3 saturated heterocycles. The Bertz CT molecular complexity index is 718. The molecule has 0 radical (unpaired) electrons. The van der Waals surface area contributed by atoms with E-state index in [0.717, 1.165) is 17.2 Å². The monoisotopic (exact) mass is 325 g/mol. The van der Waals surface area contributed by atoms with E-state index in [2.05, 4.69) is 22.1 Å². The van der Waals surface area contributed by atoms with E-state index >= 15 is 0 Å². The maximum atomic E-state index is 14.1. The zero-order chi connectivity index (χ0) is 16.7. The van der Waals surface area contributed by atoms with E-state index in [9.17, 15) is 4.39 Å². The van der Waals surface area contributed by atoms with E-state index in [-0.39, 0.29) is 5.82 Å². The molecule has 0 spiro atoms. The molecule has 2 unspecified atom stereocenters. The molecule has 126 valence electrons. The van der Waals surface area contributed by atoms with Crippen molar-refractivity contribution < 1.29 is 4.39 Å². The highest BCUT2D eigenvalue weighted by molar-refractivity contribution is 5.62. The maximum Gasteiger partial charge on any atom is 0.132 e. The van der Waals surface area contributed by atoms with Crippen LogP contribution >= 0.6 is 0 Å². The number of aryl methyl sites for hydroxylation is 1. The first-order valence-corrected chi connectivity index (χ1v) is 8.85. The number of fused-ring (bicyclic) bond motifs is 3. The van der Waals surface area contributed by atoms with Crippen molar-refractivity contribution in [1.82, 2.24) is 9.88 Å². The first kappa shape index (κ1) is 15.6. The van der Waals surface area contributed by atoms with Gasteiger partial charge in [-0.15, -0.1) is 0 Å². The van der Waals surface area contributed by atoms with Crippen molar-refractivity contribution in [2.45, 2.75) is 38.8 Å². The van der Waals surface area contributed by atoms with Crippen molar-refractivity contribution in [3.8, 4) is 11.3 Å². The largest absolute Gasteiger partial charge is 0.379 e. The summed E-state index contributed by atoms with van der Waals surface area (Å²) in [6, 6.07) is 10.2. The SMILES string of the molecule is Cc1ccc(-c2ccc(NC3C4CCN(CC4)C3C)cn2)c(F)c1. The quantitative estimate of drug-likeness (QED) is 0.921. The van der Waals surface area contributed by atoms with Crippen LogP contribution in [0.3, 0.4) is 0 Å². The Kier molecular flexibility index (Phi) is 4.01. The van der Waals surface area contributed by atoms with Crippen molar-refractivity contribution in [3.63, 3.8) is 0 Å². The molecule has 3 nitrogen and oxygen atoms in total. The van der Waals surface area contributed by atoms with E-state index in [1.165, 1.54) is 25.9 Å². The fraction of sp³-hybridized carbons (Fsp3) is 0.450. The van der Waals surface area contributed by atoms with Crippen LogP contribution in [0.5, 0.6) is 0 Å². The number of benzene rings is 1. The number of pyridine rings is 1. The van der Waals surface area contributed by atoms with E-state index in [1.54, 1.807) is 12.1 Å². The van der Waals surface area contributed by atoms with Crippen LogP contribution in [0.1, 0.15) is 25.3 Å². The molecule has 5 rings (SSSR count). The Morgan fingerprint density at radius 3 is 2.58 bits per heavy atom. The van der Waals surface area contributed by atoms with Crippen molar-refractivity contribution in [2.24, 2.45) is 5.92 Å². The van der Waals surface area contributed by atoms with Gasteiger partial charge in [-0.2, -0.15) is 0 Å². The highest BCUT2D eigenvalue weighted by atomic mass is 19.1. The molecular weight excluding hydrogens is 301 g/mol. The number of hydrogen-bond donors (Lipinski definition) is 1. The molecule has 1 aromatic carbocycles. The van der Waals surface area contributed by atoms with Crippen molar-refractivity contribution in [1.29, 1.82) is 0 Å². The summed E-state index contributed by atoms with van der Waals surface area (Å²) >= 11 is 0. The maximum absolute atomic E-state index is 14.1. The summed E-state index contributed by atoms with van der Waals surface area (Å²) in [4.78, 5) is 7.05. The molecule has 4 heterocycles. The van der Waals surface area contributed by atoms with Gasteiger partial charge in [-0.3, -0.25) is 9.88 Å². The number of hydrogen-bond acceptors (Lipinski definition) is 3. The van der Waals surface area contributed by atoms with Crippen LogP contribution in [0.15, 0.2) is 36.5 Å². The highest BCUT2D eigenvalue weighted by Gasteiger charge is 2.39. The van der Waals surface area contributed by atoms with Crippen molar-refractivity contribution in [2.75, 3.05) is 18.4 Å². The average Bonchev–Trinajstić information content (AvgIpc) is 2.59. The molecule has 2 atom stereocenters. The molecule has 3 aliphatic rings. The Hall–Kier alpha value is -1.94. The third kappa shape index (κ3) is 2.80. The minimum atomic E-state index is -0.214. The summed E-state index contributed by atoms with van der Waals surface area (Å²) in [6.45, 7) is 6.66. The van der Waals surface area contributed by atoms with Gasteiger partial charge in [0.1, 0.15) is 5.82 Å². The zero-order valence-corrected chi connectivity index (χ0v) is 14.3. The lowest BCUT2D eigenvalue weighted by Crippen LogP contribution is -2.59. The lowest BCUT2D eigenvalue weighted by Gasteiger charge is -2.50. The van der Waals surface area contributed by atoms with E-state index in [0.29, 0.717) is 23.3 Å². The lowest BCUT2D eigenvalue weighted by molar-refractivity contribution is 0.0458. The summed E-state index contributed by atoms with van der Waals surface area (Å²) in [5, 5.41) is 3.67. The number of aromatic nitrogens is 1. The van der Waals surface area contributed by atoms with Gasteiger partial charge < -0.3 is 5.32 Å². The number of nitrogens with one attached hydrogen (secondary N) is 1. The second-order valence-electron chi connectivity index (χ2n) is 7.20. The number of nitrogens with zero attached hydrogens (tertiary/aromatic N) is 2. The fourth-order valence-corrected chi connectivity index (χ4v) is 4.20. The topological polar surface area (TPSA) is 28.2 Å². The molecule has 2 bridgehead atoms. The average molecular weight is 325 g/mol. The van der Waals surface area contributed by atoms with Crippen LogP contribution in [0, 0.1) is 18.7 Å². The van der Waals surface area contributed by atoms with Crippen LogP contribution in [-0.4, -0.2) is 35.1 Å². The van der Waals surface area contributed by atoms with Crippen LogP contribution in [0.4, 0.5) is 10.1 Å². The van der Waals surface area contributed by atoms with Crippen molar-refractivity contribution >= 4 is 5.69 Å².